The van der Waals surface area contributed by atoms with Gasteiger partial charge in [0.05, 0.1) is 11.8 Å². The van der Waals surface area contributed by atoms with E-state index in [9.17, 15) is 17.6 Å². The second-order valence-electron chi connectivity index (χ2n) is 5.38. The molecule has 0 bridgehead atoms. The van der Waals surface area contributed by atoms with Crippen molar-refractivity contribution in [3.63, 3.8) is 0 Å². The van der Waals surface area contributed by atoms with Gasteiger partial charge in [-0.2, -0.15) is 0 Å². The van der Waals surface area contributed by atoms with Crippen LogP contribution in [-0.2, 0) is 9.84 Å². The van der Waals surface area contributed by atoms with Crippen LogP contribution >= 0.6 is 15.9 Å². The van der Waals surface area contributed by atoms with Crippen molar-refractivity contribution in [2.75, 3.05) is 10.7 Å². The first-order valence-electron chi connectivity index (χ1n) is 7.11. The molecule has 0 saturated carbocycles. The SMILES string of the molecule is O=C(c1ccc(Br)cc1)N(c1ccc(F)cc1)C1C=CS(=O)(=O)C1. The molecular formula is C17H13BrFNO3S. The number of rotatable bonds is 3. The molecule has 24 heavy (non-hydrogen) atoms. The van der Waals surface area contributed by atoms with Crippen LogP contribution in [0.1, 0.15) is 10.4 Å². The smallest absolute Gasteiger partial charge is 0.258 e. The van der Waals surface area contributed by atoms with Crippen molar-refractivity contribution in [2.24, 2.45) is 0 Å². The first-order valence-corrected chi connectivity index (χ1v) is 9.62. The minimum absolute atomic E-state index is 0.188. The quantitative estimate of drug-likeness (QED) is 0.778. The summed E-state index contributed by atoms with van der Waals surface area (Å²) in [6, 6.07) is 11.5. The summed E-state index contributed by atoms with van der Waals surface area (Å²) in [7, 11) is -3.34. The number of anilines is 1. The second-order valence-corrected chi connectivity index (χ2v) is 8.23. The molecule has 124 valence electrons. The number of hydrogen-bond acceptors (Lipinski definition) is 3. The molecule has 0 saturated heterocycles. The Kier molecular flexibility index (Phi) is 4.56. The van der Waals surface area contributed by atoms with E-state index in [2.05, 4.69) is 15.9 Å². The van der Waals surface area contributed by atoms with Gasteiger partial charge in [0.2, 0.25) is 0 Å². The standard InChI is InChI=1S/C17H13BrFNO3S/c18-13-3-1-12(2-4-13)17(21)20(15-7-5-14(19)6-8-15)16-9-10-24(22,23)11-16/h1-10,16H,11H2. The summed E-state index contributed by atoms with van der Waals surface area (Å²) in [4.78, 5) is 14.3. The maximum Gasteiger partial charge on any atom is 0.258 e. The lowest BCUT2D eigenvalue weighted by Crippen LogP contribution is -2.41. The van der Waals surface area contributed by atoms with Gasteiger partial charge in [-0.3, -0.25) is 4.79 Å². The maximum atomic E-state index is 13.2. The van der Waals surface area contributed by atoms with Gasteiger partial charge in [0.25, 0.3) is 5.91 Å². The number of halogens is 2. The summed E-state index contributed by atoms with van der Waals surface area (Å²) in [5.74, 6) is -0.961. The van der Waals surface area contributed by atoms with Gasteiger partial charge in [-0.1, -0.05) is 15.9 Å². The fraction of sp³-hybridized carbons (Fsp3) is 0.118. The highest BCUT2D eigenvalue weighted by molar-refractivity contribution is 9.10. The molecule has 1 aliphatic heterocycles. The molecule has 0 N–H and O–H groups in total. The number of sulfone groups is 1. The lowest BCUT2D eigenvalue weighted by atomic mass is 10.1. The number of nitrogens with zero attached hydrogens (tertiary/aromatic N) is 1. The van der Waals surface area contributed by atoms with E-state index < -0.39 is 21.7 Å². The molecule has 0 aliphatic carbocycles. The summed E-state index contributed by atoms with van der Waals surface area (Å²) >= 11 is 3.31. The van der Waals surface area contributed by atoms with Crippen LogP contribution in [0.5, 0.6) is 0 Å². The first-order chi connectivity index (χ1) is 11.4. The van der Waals surface area contributed by atoms with E-state index in [4.69, 9.17) is 0 Å². The second kappa shape index (κ2) is 6.49. The van der Waals surface area contributed by atoms with E-state index in [-0.39, 0.29) is 11.7 Å². The maximum absolute atomic E-state index is 13.2. The molecule has 3 rings (SSSR count). The van der Waals surface area contributed by atoms with E-state index >= 15 is 0 Å². The molecule has 2 aromatic carbocycles. The minimum atomic E-state index is -3.34. The predicted octanol–water partition coefficient (Wildman–Crippen LogP) is 3.55. The van der Waals surface area contributed by atoms with E-state index in [1.54, 1.807) is 24.3 Å². The van der Waals surface area contributed by atoms with Crippen LogP contribution in [0.25, 0.3) is 0 Å². The van der Waals surface area contributed by atoms with Gasteiger partial charge in [-0.15, -0.1) is 0 Å². The Bertz CT molecular complexity index is 892. The molecule has 0 radical (unpaired) electrons. The van der Waals surface area contributed by atoms with E-state index in [0.717, 1.165) is 9.88 Å². The molecular weight excluding hydrogens is 397 g/mol. The topological polar surface area (TPSA) is 54.5 Å². The normalized spacial score (nSPS) is 18.5. The van der Waals surface area contributed by atoms with Crippen molar-refractivity contribution in [3.05, 3.63) is 75.9 Å². The van der Waals surface area contributed by atoms with Crippen LogP contribution in [0.2, 0.25) is 0 Å². The number of benzene rings is 2. The summed E-state index contributed by atoms with van der Waals surface area (Å²) < 4.78 is 37.5. The Morgan fingerprint density at radius 1 is 1.08 bits per heavy atom. The van der Waals surface area contributed by atoms with Crippen molar-refractivity contribution in [1.82, 2.24) is 0 Å². The van der Waals surface area contributed by atoms with Gasteiger partial charge in [-0.25, -0.2) is 12.8 Å². The highest BCUT2D eigenvalue weighted by Gasteiger charge is 2.32. The van der Waals surface area contributed by atoms with Crippen LogP contribution in [0, 0.1) is 5.82 Å². The van der Waals surface area contributed by atoms with Gasteiger partial charge in [0.1, 0.15) is 5.82 Å². The molecule has 1 unspecified atom stereocenters. The van der Waals surface area contributed by atoms with Gasteiger partial charge >= 0.3 is 0 Å². The highest BCUT2D eigenvalue weighted by Crippen LogP contribution is 2.25. The van der Waals surface area contributed by atoms with E-state index in [1.807, 2.05) is 0 Å². The third kappa shape index (κ3) is 3.57. The predicted molar refractivity (Wildman–Crippen MR) is 94.1 cm³/mol. The molecule has 4 nitrogen and oxygen atoms in total. The molecule has 0 fully saturated rings. The molecule has 1 amide bonds. The average Bonchev–Trinajstić information content (AvgIpc) is 2.90. The lowest BCUT2D eigenvalue weighted by molar-refractivity contribution is 0.0983. The monoisotopic (exact) mass is 409 g/mol. The Morgan fingerprint density at radius 3 is 2.25 bits per heavy atom. The molecule has 1 atom stereocenters. The molecule has 1 aliphatic rings. The Morgan fingerprint density at radius 2 is 1.71 bits per heavy atom. The van der Waals surface area contributed by atoms with Crippen LogP contribution in [0.15, 0.2) is 64.5 Å². The fourth-order valence-corrected chi connectivity index (χ4v) is 4.05. The van der Waals surface area contributed by atoms with Crippen LogP contribution in [0.4, 0.5) is 10.1 Å². The summed E-state index contributed by atoms with van der Waals surface area (Å²) in [5.41, 5.74) is 0.858. The third-order valence-electron chi connectivity index (χ3n) is 3.66. The molecule has 0 spiro atoms. The van der Waals surface area contributed by atoms with Crippen LogP contribution in [-0.4, -0.2) is 26.1 Å². The zero-order chi connectivity index (χ0) is 17.3. The van der Waals surface area contributed by atoms with Gasteiger partial charge in [0.15, 0.2) is 9.84 Å². The Balaban J connectivity index is 2.01. The van der Waals surface area contributed by atoms with Gasteiger partial charge in [-0.05, 0) is 54.6 Å². The highest BCUT2D eigenvalue weighted by atomic mass is 79.9. The van der Waals surface area contributed by atoms with Crippen molar-refractivity contribution in [3.8, 4) is 0 Å². The fourth-order valence-electron chi connectivity index (χ4n) is 2.51. The zero-order valence-electron chi connectivity index (χ0n) is 12.4. The van der Waals surface area contributed by atoms with Crippen molar-refractivity contribution < 1.29 is 17.6 Å². The average molecular weight is 410 g/mol. The zero-order valence-corrected chi connectivity index (χ0v) is 14.8. The summed E-state index contributed by atoms with van der Waals surface area (Å²) in [5, 5.41) is 1.11. The van der Waals surface area contributed by atoms with Crippen LogP contribution < -0.4 is 4.90 Å². The minimum Gasteiger partial charge on any atom is -0.300 e. The number of amides is 1. The third-order valence-corrected chi connectivity index (χ3v) is 5.56. The molecule has 7 heteroatoms. The van der Waals surface area contributed by atoms with E-state index in [0.29, 0.717) is 11.3 Å². The molecule has 1 heterocycles. The van der Waals surface area contributed by atoms with Gasteiger partial charge < -0.3 is 4.90 Å². The number of carbonyl (C=O) groups excluding carboxylic acids is 1. The molecule has 2 aromatic rings. The Hall–Kier alpha value is -1.99. The number of carbonyl (C=O) groups is 1. The van der Waals surface area contributed by atoms with Gasteiger partial charge in [0, 0.05) is 21.1 Å². The van der Waals surface area contributed by atoms with E-state index in [1.165, 1.54) is 35.2 Å². The summed E-state index contributed by atoms with van der Waals surface area (Å²) in [6.07, 6.45) is 1.48. The lowest BCUT2D eigenvalue weighted by Gasteiger charge is -2.27. The Labute approximate surface area is 147 Å². The molecule has 0 aromatic heterocycles. The largest absolute Gasteiger partial charge is 0.300 e. The van der Waals surface area contributed by atoms with Crippen molar-refractivity contribution in [2.45, 2.75) is 6.04 Å². The van der Waals surface area contributed by atoms with Crippen molar-refractivity contribution >= 4 is 37.4 Å². The van der Waals surface area contributed by atoms with Crippen LogP contribution in [0.3, 0.4) is 0 Å². The van der Waals surface area contributed by atoms with Crippen molar-refractivity contribution in [1.29, 1.82) is 0 Å². The first kappa shape index (κ1) is 16.9. The number of hydrogen-bond donors (Lipinski definition) is 0. The summed E-state index contributed by atoms with van der Waals surface area (Å²) in [6.45, 7) is 0.